The predicted octanol–water partition coefficient (Wildman–Crippen LogP) is 6.01. The van der Waals surface area contributed by atoms with E-state index in [1.807, 2.05) is 62.4 Å². The number of aryl methyl sites for hydroxylation is 2. The van der Waals surface area contributed by atoms with Crippen molar-refractivity contribution in [3.05, 3.63) is 75.8 Å². The molecule has 6 nitrogen and oxygen atoms in total. The van der Waals surface area contributed by atoms with Crippen molar-refractivity contribution < 1.29 is 13.9 Å². The lowest BCUT2D eigenvalue weighted by Gasteiger charge is -2.13. The molecule has 0 saturated carbocycles. The zero-order valence-electron chi connectivity index (χ0n) is 17.7. The van der Waals surface area contributed by atoms with Gasteiger partial charge in [0.1, 0.15) is 11.3 Å². The highest BCUT2D eigenvalue weighted by molar-refractivity contribution is 9.10. The molecule has 0 aliphatic rings. The third-order valence-corrected chi connectivity index (χ3v) is 5.60. The van der Waals surface area contributed by atoms with Crippen LogP contribution in [0.4, 0.5) is 5.69 Å². The molecule has 0 fully saturated rings. The van der Waals surface area contributed by atoms with Gasteiger partial charge in [-0.3, -0.25) is 10.1 Å². The summed E-state index contributed by atoms with van der Waals surface area (Å²) in [4.78, 5) is 17.4. The first-order valence-electron chi connectivity index (χ1n) is 9.79. The number of anilines is 1. The molecule has 1 heterocycles. The molecule has 0 spiro atoms. The molecule has 0 atom stereocenters. The average molecular weight is 510 g/mol. The number of fused-ring (bicyclic) bond motifs is 1. The Bertz CT molecular complexity index is 1350. The summed E-state index contributed by atoms with van der Waals surface area (Å²) in [5.41, 5.74) is 5.29. The van der Waals surface area contributed by atoms with Crippen molar-refractivity contribution in [3.8, 4) is 17.2 Å². The quantitative estimate of drug-likeness (QED) is 0.328. The topological polar surface area (TPSA) is 76.4 Å². The van der Waals surface area contributed by atoms with Gasteiger partial charge in [-0.25, -0.2) is 4.98 Å². The van der Waals surface area contributed by atoms with E-state index >= 15 is 0 Å². The summed E-state index contributed by atoms with van der Waals surface area (Å²) in [5, 5.41) is 5.89. The summed E-state index contributed by atoms with van der Waals surface area (Å²) in [5.74, 6) is 0.692. The Morgan fingerprint density at radius 2 is 1.88 bits per heavy atom. The normalized spacial score (nSPS) is 10.8. The molecule has 0 bridgehead atoms. The Hall–Kier alpha value is -3.23. The zero-order chi connectivity index (χ0) is 22.8. The Labute approximate surface area is 199 Å². The lowest BCUT2D eigenvalue weighted by atomic mass is 10.1. The van der Waals surface area contributed by atoms with Crippen LogP contribution in [0.5, 0.6) is 5.75 Å². The third kappa shape index (κ3) is 4.51. The summed E-state index contributed by atoms with van der Waals surface area (Å²) in [6.45, 7) is 3.88. The van der Waals surface area contributed by atoms with Crippen molar-refractivity contribution >= 4 is 56.0 Å². The summed E-state index contributed by atoms with van der Waals surface area (Å²) in [7, 11) is 1.53. The van der Waals surface area contributed by atoms with Crippen LogP contribution >= 0.6 is 28.1 Å². The molecule has 1 aromatic heterocycles. The number of nitrogens with one attached hydrogen (secondary N) is 2. The zero-order valence-corrected chi connectivity index (χ0v) is 20.1. The van der Waals surface area contributed by atoms with Crippen molar-refractivity contribution in [1.29, 1.82) is 0 Å². The van der Waals surface area contributed by atoms with E-state index in [1.54, 1.807) is 6.07 Å². The molecule has 4 aromatic rings. The molecule has 2 N–H and O–H groups in total. The highest BCUT2D eigenvalue weighted by Crippen LogP contribution is 2.29. The Morgan fingerprint density at radius 3 is 2.62 bits per heavy atom. The lowest BCUT2D eigenvalue weighted by Crippen LogP contribution is -2.34. The van der Waals surface area contributed by atoms with E-state index < -0.39 is 0 Å². The molecule has 0 aliphatic carbocycles. The maximum atomic E-state index is 12.8. The number of carbonyl (C=O) groups excluding carboxylic acids is 1. The van der Waals surface area contributed by atoms with Crippen LogP contribution in [0.1, 0.15) is 21.5 Å². The summed E-state index contributed by atoms with van der Waals surface area (Å²) >= 11 is 8.75. The number of ether oxygens (including phenoxy) is 1. The van der Waals surface area contributed by atoms with Gasteiger partial charge >= 0.3 is 0 Å². The first kappa shape index (κ1) is 22.0. The van der Waals surface area contributed by atoms with E-state index in [1.165, 1.54) is 7.11 Å². The fourth-order valence-electron chi connectivity index (χ4n) is 3.44. The number of oxazole rings is 1. The van der Waals surface area contributed by atoms with Crippen LogP contribution < -0.4 is 15.4 Å². The highest BCUT2D eigenvalue weighted by atomic mass is 79.9. The Kier molecular flexibility index (Phi) is 6.25. The van der Waals surface area contributed by atoms with Crippen molar-refractivity contribution in [2.45, 2.75) is 13.8 Å². The second-order valence-corrected chi connectivity index (χ2v) is 8.55. The first-order chi connectivity index (χ1) is 15.4. The number of carbonyl (C=O) groups is 1. The molecule has 0 radical (unpaired) electrons. The van der Waals surface area contributed by atoms with Gasteiger partial charge < -0.3 is 14.5 Å². The molecule has 8 heteroatoms. The summed E-state index contributed by atoms with van der Waals surface area (Å²) < 4.78 is 12.1. The standard InChI is InChI=1S/C24H20BrN3O3S/c1-13-6-4-5-7-17(13)23-27-19-12-16(8-9-20(19)31-23)26-24(32)28-22(29)18-11-15(25)10-14(2)21(18)30-3/h4-12H,1-3H3,(H2,26,28,29,32). The van der Waals surface area contributed by atoms with E-state index in [4.69, 9.17) is 21.4 Å². The number of thiocarbonyl (C=S) groups is 1. The monoisotopic (exact) mass is 509 g/mol. The van der Waals surface area contributed by atoms with E-state index in [0.29, 0.717) is 34.0 Å². The van der Waals surface area contributed by atoms with E-state index in [0.717, 1.165) is 21.2 Å². The van der Waals surface area contributed by atoms with E-state index in [9.17, 15) is 4.79 Å². The molecular formula is C24H20BrN3O3S. The smallest absolute Gasteiger partial charge is 0.261 e. The van der Waals surface area contributed by atoms with Gasteiger partial charge in [-0.05, 0) is 73.6 Å². The van der Waals surface area contributed by atoms with Crippen molar-refractivity contribution in [3.63, 3.8) is 0 Å². The van der Waals surface area contributed by atoms with Crippen LogP contribution in [0.2, 0.25) is 0 Å². The molecule has 0 unspecified atom stereocenters. The SMILES string of the molecule is COc1c(C)cc(Br)cc1C(=O)NC(=S)Nc1ccc2oc(-c3ccccc3C)nc2c1. The minimum absolute atomic E-state index is 0.164. The molecule has 0 saturated heterocycles. The van der Waals surface area contributed by atoms with Gasteiger partial charge in [0.2, 0.25) is 5.89 Å². The molecule has 32 heavy (non-hydrogen) atoms. The van der Waals surface area contributed by atoms with Crippen LogP contribution in [0.3, 0.4) is 0 Å². The average Bonchev–Trinajstić information content (AvgIpc) is 3.16. The molecule has 3 aromatic carbocycles. The van der Waals surface area contributed by atoms with Crippen LogP contribution in [0.25, 0.3) is 22.6 Å². The summed E-state index contributed by atoms with van der Waals surface area (Å²) in [6.07, 6.45) is 0. The number of hydrogen-bond acceptors (Lipinski definition) is 5. The van der Waals surface area contributed by atoms with Crippen LogP contribution in [0, 0.1) is 13.8 Å². The number of halogens is 1. The number of nitrogens with zero attached hydrogens (tertiary/aromatic N) is 1. The number of benzene rings is 3. The Balaban J connectivity index is 1.52. The number of aromatic nitrogens is 1. The number of methoxy groups -OCH3 is 1. The molecular weight excluding hydrogens is 490 g/mol. The fourth-order valence-corrected chi connectivity index (χ4v) is 4.22. The highest BCUT2D eigenvalue weighted by Gasteiger charge is 2.17. The van der Waals surface area contributed by atoms with Crippen LogP contribution in [-0.4, -0.2) is 23.1 Å². The second kappa shape index (κ2) is 9.10. The third-order valence-electron chi connectivity index (χ3n) is 4.94. The van der Waals surface area contributed by atoms with Gasteiger partial charge in [-0.1, -0.05) is 34.1 Å². The maximum Gasteiger partial charge on any atom is 0.261 e. The number of rotatable bonds is 4. The van der Waals surface area contributed by atoms with Gasteiger partial charge in [0.15, 0.2) is 10.7 Å². The van der Waals surface area contributed by atoms with Crippen LogP contribution in [-0.2, 0) is 0 Å². The molecule has 1 amide bonds. The van der Waals surface area contributed by atoms with Gasteiger partial charge in [0, 0.05) is 15.7 Å². The van der Waals surface area contributed by atoms with E-state index in [2.05, 4.69) is 31.5 Å². The van der Waals surface area contributed by atoms with Crippen molar-refractivity contribution in [1.82, 2.24) is 10.3 Å². The fraction of sp³-hybridized carbons (Fsp3) is 0.125. The molecule has 162 valence electrons. The molecule has 0 aliphatic heterocycles. The van der Waals surface area contributed by atoms with Crippen molar-refractivity contribution in [2.75, 3.05) is 12.4 Å². The summed E-state index contributed by atoms with van der Waals surface area (Å²) in [6, 6.07) is 16.9. The Morgan fingerprint density at radius 1 is 1.09 bits per heavy atom. The van der Waals surface area contributed by atoms with Gasteiger partial charge in [0.05, 0.1) is 12.7 Å². The van der Waals surface area contributed by atoms with Crippen LogP contribution in [0.15, 0.2) is 63.5 Å². The largest absolute Gasteiger partial charge is 0.496 e. The molecule has 4 rings (SSSR count). The predicted molar refractivity (Wildman–Crippen MR) is 133 cm³/mol. The lowest BCUT2D eigenvalue weighted by molar-refractivity contribution is 0.0974. The minimum atomic E-state index is -0.367. The first-order valence-corrected chi connectivity index (χ1v) is 11.0. The van der Waals surface area contributed by atoms with Gasteiger partial charge in [-0.15, -0.1) is 0 Å². The van der Waals surface area contributed by atoms with Crippen molar-refractivity contribution in [2.24, 2.45) is 0 Å². The number of hydrogen-bond donors (Lipinski definition) is 2. The number of amides is 1. The van der Waals surface area contributed by atoms with Gasteiger partial charge in [0.25, 0.3) is 5.91 Å². The van der Waals surface area contributed by atoms with Gasteiger partial charge in [-0.2, -0.15) is 0 Å². The van der Waals surface area contributed by atoms with E-state index in [-0.39, 0.29) is 11.0 Å². The second-order valence-electron chi connectivity index (χ2n) is 7.23. The maximum absolute atomic E-state index is 12.8. The minimum Gasteiger partial charge on any atom is -0.496 e.